The fourth-order valence-electron chi connectivity index (χ4n) is 2.42. The Morgan fingerprint density at radius 3 is 2.76 bits per heavy atom. The highest BCUT2D eigenvalue weighted by molar-refractivity contribution is 7.85. The summed E-state index contributed by atoms with van der Waals surface area (Å²) < 4.78 is 12.2. The van der Waals surface area contributed by atoms with Crippen LogP contribution in [-0.2, 0) is 10.8 Å². The standard InChI is InChI=1S/C14H21NOS/c1-4-15-13-6-5-7-17(16)14-9-11(3)10(2)8-12(13)14/h8-9,13,15H,4-7H2,1-3H3. The van der Waals surface area contributed by atoms with E-state index in [1.165, 1.54) is 16.7 Å². The molecule has 3 heteroatoms. The highest BCUT2D eigenvalue weighted by atomic mass is 32.2. The average molecular weight is 251 g/mol. The predicted molar refractivity (Wildman–Crippen MR) is 72.8 cm³/mol. The molecule has 0 amide bonds. The first kappa shape index (κ1) is 12.8. The lowest BCUT2D eigenvalue weighted by Crippen LogP contribution is -2.21. The van der Waals surface area contributed by atoms with Crippen molar-refractivity contribution in [1.29, 1.82) is 0 Å². The molecule has 2 atom stereocenters. The van der Waals surface area contributed by atoms with Gasteiger partial charge in [0, 0.05) is 16.7 Å². The molecule has 17 heavy (non-hydrogen) atoms. The molecule has 2 unspecified atom stereocenters. The van der Waals surface area contributed by atoms with Crippen molar-refractivity contribution in [2.45, 2.75) is 44.6 Å². The molecule has 0 saturated carbocycles. The Morgan fingerprint density at radius 2 is 2.06 bits per heavy atom. The number of aryl methyl sites for hydroxylation is 2. The molecule has 0 saturated heterocycles. The number of benzene rings is 1. The molecule has 2 nitrogen and oxygen atoms in total. The highest BCUT2D eigenvalue weighted by Crippen LogP contribution is 2.31. The van der Waals surface area contributed by atoms with Crippen LogP contribution < -0.4 is 5.32 Å². The van der Waals surface area contributed by atoms with E-state index in [0.717, 1.165) is 30.0 Å². The maximum absolute atomic E-state index is 12.2. The van der Waals surface area contributed by atoms with Crippen LogP contribution in [0, 0.1) is 13.8 Å². The van der Waals surface area contributed by atoms with E-state index in [0.29, 0.717) is 6.04 Å². The van der Waals surface area contributed by atoms with E-state index in [4.69, 9.17) is 0 Å². The van der Waals surface area contributed by atoms with Crippen molar-refractivity contribution in [3.63, 3.8) is 0 Å². The molecule has 94 valence electrons. The van der Waals surface area contributed by atoms with E-state index in [2.05, 4.69) is 38.2 Å². The van der Waals surface area contributed by atoms with Gasteiger partial charge in [-0.25, -0.2) is 0 Å². The van der Waals surface area contributed by atoms with Crippen molar-refractivity contribution in [3.8, 4) is 0 Å². The van der Waals surface area contributed by atoms with Crippen molar-refractivity contribution in [1.82, 2.24) is 5.32 Å². The Morgan fingerprint density at radius 1 is 1.35 bits per heavy atom. The van der Waals surface area contributed by atoms with Gasteiger partial charge in [0.1, 0.15) is 0 Å². The maximum Gasteiger partial charge on any atom is 0.0533 e. The first-order valence-electron chi connectivity index (χ1n) is 6.36. The number of hydrogen-bond acceptors (Lipinski definition) is 2. The number of nitrogens with one attached hydrogen (secondary N) is 1. The summed E-state index contributed by atoms with van der Waals surface area (Å²) in [7, 11) is -0.815. The Balaban J connectivity index is 2.50. The van der Waals surface area contributed by atoms with Gasteiger partial charge in [-0.1, -0.05) is 13.0 Å². The molecule has 1 aliphatic heterocycles. The van der Waals surface area contributed by atoms with Crippen LogP contribution in [0.15, 0.2) is 17.0 Å². The molecule has 0 bridgehead atoms. The Hall–Kier alpha value is -0.670. The van der Waals surface area contributed by atoms with Crippen molar-refractivity contribution in [2.24, 2.45) is 0 Å². The van der Waals surface area contributed by atoms with Crippen LogP contribution >= 0.6 is 0 Å². The predicted octanol–water partition coefficient (Wildman–Crippen LogP) is 2.86. The maximum atomic E-state index is 12.2. The second kappa shape index (κ2) is 5.32. The van der Waals surface area contributed by atoms with Gasteiger partial charge < -0.3 is 5.32 Å². The smallest absolute Gasteiger partial charge is 0.0533 e. The number of rotatable bonds is 2. The molecule has 1 heterocycles. The van der Waals surface area contributed by atoms with Gasteiger partial charge in [-0.15, -0.1) is 0 Å². The van der Waals surface area contributed by atoms with Gasteiger partial charge in [0.25, 0.3) is 0 Å². The van der Waals surface area contributed by atoms with Gasteiger partial charge in [0.15, 0.2) is 0 Å². The largest absolute Gasteiger partial charge is 0.310 e. The Labute approximate surface area is 106 Å². The van der Waals surface area contributed by atoms with Crippen molar-refractivity contribution in [2.75, 3.05) is 12.3 Å². The molecular formula is C14H21NOS. The molecule has 2 rings (SSSR count). The third-order valence-corrected chi connectivity index (χ3v) is 5.02. The van der Waals surface area contributed by atoms with Crippen molar-refractivity contribution < 1.29 is 4.21 Å². The summed E-state index contributed by atoms with van der Waals surface area (Å²) in [6, 6.07) is 4.72. The van der Waals surface area contributed by atoms with E-state index in [-0.39, 0.29) is 0 Å². The fraction of sp³-hybridized carbons (Fsp3) is 0.571. The molecule has 1 aromatic carbocycles. The topological polar surface area (TPSA) is 29.1 Å². The molecule has 1 aromatic rings. The first-order valence-corrected chi connectivity index (χ1v) is 7.68. The van der Waals surface area contributed by atoms with Crippen LogP contribution in [0.4, 0.5) is 0 Å². The zero-order chi connectivity index (χ0) is 12.4. The zero-order valence-electron chi connectivity index (χ0n) is 10.9. The van der Waals surface area contributed by atoms with Gasteiger partial charge in [0.05, 0.1) is 10.8 Å². The minimum Gasteiger partial charge on any atom is -0.310 e. The normalized spacial score (nSPS) is 24.2. The van der Waals surface area contributed by atoms with E-state index in [1.807, 2.05) is 0 Å². The Bertz CT molecular complexity index is 442. The zero-order valence-corrected chi connectivity index (χ0v) is 11.7. The monoisotopic (exact) mass is 251 g/mol. The molecular weight excluding hydrogens is 230 g/mol. The van der Waals surface area contributed by atoms with Crippen LogP contribution in [-0.4, -0.2) is 16.5 Å². The lowest BCUT2D eigenvalue weighted by molar-refractivity contribution is 0.508. The molecule has 0 radical (unpaired) electrons. The molecule has 0 aliphatic carbocycles. The number of hydrogen-bond donors (Lipinski definition) is 1. The van der Waals surface area contributed by atoms with E-state index >= 15 is 0 Å². The van der Waals surface area contributed by atoms with E-state index in [1.54, 1.807) is 0 Å². The van der Waals surface area contributed by atoms with Crippen LogP contribution in [0.5, 0.6) is 0 Å². The van der Waals surface area contributed by atoms with Gasteiger partial charge in [-0.05, 0) is 56.0 Å². The van der Waals surface area contributed by atoms with Gasteiger partial charge >= 0.3 is 0 Å². The lowest BCUT2D eigenvalue weighted by atomic mass is 9.98. The van der Waals surface area contributed by atoms with Gasteiger partial charge in [-0.3, -0.25) is 4.21 Å². The Kier molecular flexibility index (Phi) is 4.00. The third-order valence-electron chi connectivity index (χ3n) is 3.52. The molecule has 0 aromatic heterocycles. The van der Waals surface area contributed by atoms with Crippen molar-refractivity contribution >= 4 is 10.8 Å². The minimum atomic E-state index is -0.815. The van der Waals surface area contributed by atoms with Crippen LogP contribution in [0.25, 0.3) is 0 Å². The minimum absolute atomic E-state index is 0.376. The molecule has 1 aliphatic rings. The van der Waals surface area contributed by atoms with E-state index < -0.39 is 10.8 Å². The first-order chi connectivity index (χ1) is 8.13. The second-order valence-electron chi connectivity index (χ2n) is 4.78. The summed E-state index contributed by atoms with van der Waals surface area (Å²) in [5.74, 6) is 0.803. The average Bonchev–Trinajstić information content (AvgIpc) is 2.43. The SMILES string of the molecule is CCNC1CCCS(=O)c2cc(C)c(C)cc21. The fourth-order valence-corrected chi connectivity index (χ4v) is 3.85. The molecule has 1 N–H and O–H groups in total. The summed E-state index contributed by atoms with van der Waals surface area (Å²) >= 11 is 0. The quantitative estimate of drug-likeness (QED) is 0.875. The number of fused-ring (bicyclic) bond motifs is 1. The summed E-state index contributed by atoms with van der Waals surface area (Å²) in [5.41, 5.74) is 3.80. The van der Waals surface area contributed by atoms with Crippen LogP contribution in [0.1, 0.15) is 42.5 Å². The third kappa shape index (κ3) is 2.61. The van der Waals surface area contributed by atoms with Crippen LogP contribution in [0.3, 0.4) is 0 Å². The lowest BCUT2D eigenvalue weighted by Gasteiger charge is -2.19. The van der Waals surface area contributed by atoms with Crippen LogP contribution in [0.2, 0.25) is 0 Å². The van der Waals surface area contributed by atoms with Gasteiger partial charge in [-0.2, -0.15) is 0 Å². The molecule has 0 fully saturated rings. The summed E-state index contributed by atoms with van der Waals surface area (Å²) in [5, 5.41) is 3.51. The van der Waals surface area contributed by atoms with Crippen molar-refractivity contribution in [3.05, 3.63) is 28.8 Å². The van der Waals surface area contributed by atoms with E-state index in [9.17, 15) is 4.21 Å². The summed E-state index contributed by atoms with van der Waals surface area (Å²) in [6.07, 6.45) is 2.13. The summed E-state index contributed by atoms with van der Waals surface area (Å²) in [6.45, 7) is 7.32. The van der Waals surface area contributed by atoms with Gasteiger partial charge in [0.2, 0.25) is 0 Å². The molecule has 0 spiro atoms. The highest BCUT2D eigenvalue weighted by Gasteiger charge is 2.22. The summed E-state index contributed by atoms with van der Waals surface area (Å²) in [4.78, 5) is 1.05. The second-order valence-corrected chi connectivity index (χ2v) is 6.32.